The second-order valence-electron chi connectivity index (χ2n) is 4.49. The molecule has 0 saturated heterocycles. The van der Waals surface area contributed by atoms with Crippen molar-refractivity contribution in [1.29, 1.82) is 0 Å². The Bertz CT molecular complexity index is 495. The first-order valence-corrected chi connectivity index (χ1v) is 6.34. The Morgan fingerprint density at radius 1 is 1.40 bits per heavy atom. The van der Waals surface area contributed by atoms with Crippen molar-refractivity contribution in [3.05, 3.63) is 29.8 Å². The fourth-order valence-electron chi connectivity index (χ4n) is 1.70. The van der Waals surface area contributed by atoms with Gasteiger partial charge in [0.2, 0.25) is 5.91 Å². The Morgan fingerprint density at radius 2 is 2.10 bits per heavy atom. The third kappa shape index (κ3) is 4.59. The standard InChI is InChI=1S/C15H21NO4/c1-10(7-15(18)16-9-11(2)17)13-6-5-12(19-3)8-14(13)20-4/h5-8,11,17H,9H2,1-4H3,(H,16,18)/b10-7+. The van der Waals surface area contributed by atoms with E-state index in [9.17, 15) is 4.79 Å². The Morgan fingerprint density at radius 3 is 2.65 bits per heavy atom. The highest BCUT2D eigenvalue weighted by molar-refractivity contribution is 5.95. The maximum Gasteiger partial charge on any atom is 0.244 e. The van der Waals surface area contributed by atoms with Crippen LogP contribution in [0.3, 0.4) is 0 Å². The molecule has 0 bridgehead atoms. The van der Waals surface area contributed by atoms with Gasteiger partial charge < -0.3 is 19.9 Å². The van der Waals surface area contributed by atoms with Crippen LogP contribution in [0.5, 0.6) is 11.5 Å². The van der Waals surface area contributed by atoms with Gasteiger partial charge in [-0.25, -0.2) is 0 Å². The fraction of sp³-hybridized carbons (Fsp3) is 0.400. The predicted octanol–water partition coefficient (Wildman–Crippen LogP) is 1.60. The average molecular weight is 279 g/mol. The van der Waals surface area contributed by atoms with Crippen LogP contribution in [-0.4, -0.2) is 37.9 Å². The monoisotopic (exact) mass is 279 g/mol. The molecule has 110 valence electrons. The zero-order valence-electron chi connectivity index (χ0n) is 12.3. The molecule has 1 unspecified atom stereocenters. The van der Waals surface area contributed by atoms with Crippen molar-refractivity contribution >= 4 is 11.5 Å². The van der Waals surface area contributed by atoms with E-state index < -0.39 is 6.10 Å². The van der Waals surface area contributed by atoms with Gasteiger partial charge in [0.25, 0.3) is 0 Å². The minimum atomic E-state index is -0.567. The molecule has 0 aliphatic heterocycles. The van der Waals surface area contributed by atoms with Crippen molar-refractivity contribution in [3.63, 3.8) is 0 Å². The Hall–Kier alpha value is -2.01. The zero-order valence-corrected chi connectivity index (χ0v) is 12.3. The van der Waals surface area contributed by atoms with Gasteiger partial charge in [0, 0.05) is 24.3 Å². The molecule has 5 nitrogen and oxygen atoms in total. The van der Waals surface area contributed by atoms with Crippen LogP contribution in [-0.2, 0) is 4.79 Å². The number of amides is 1. The van der Waals surface area contributed by atoms with Crippen LogP contribution in [0.1, 0.15) is 19.4 Å². The van der Waals surface area contributed by atoms with E-state index in [1.807, 2.05) is 19.1 Å². The van der Waals surface area contributed by atoms with Gasteiger partial charge in [-0.15, -0.1) is 0 Å². The smallest absolute Gasteiger partial charge is 0.244 e. The second kappa shape index (κ2) is 7.55. The van der Waals surface area contributed by atoms with Gasteiger partial charge in [-0.3, -0.25) is 4.79 Å². The molecule has 0 aliphatic rings. The number of methoxy groups -OCH3 is 2. The van der Waals surface area contributed by atoms with E-state index in [1.165, 1.54) is 6.08 Å². The van der Waals surface area contributed by atoms with Crippen LogP contribution in [0.2, 0.25) is 0 Å². The number of aliphatic hydroxyl groups is 1. The highest BCUT2D eigenvalue weighted by Crippen LogP contribution is 2.29. The van der Waals surface area contributed by atoms with E-state index in [2.05, 4.69) is 5.32 Å². The lowest BCUT2D eigenvalue weighted by Gasteiger charge is -2.11. The maximum atomic E-state index is 11.7. The summed E-state index contributed by atoms with van der Waals surface area (Å²) in [5.41, 5.74) is 1.59. The lowest BCUT2D eigenvalue weighted by Crippen LogP contribution is -2.29. The topological polar surface area (TPSA) is 67.8 Å². The number of ether oxygens (including phenoxy) is 2. The number of carbonyl (C=O) groups excluding carboxylic acids is 1. The Kier molecular flexibility index (Phi) is 6.06. The van der Waals surface area contributed by atoms with Crippen molar-refractivity contribution in [1.82, 2.24) is 5.32 Å². The SMILES string of the molecule is COc1ccc(/C(C)=C/C(=O)NCC(C)O)c(OC)c1. The number of allylic oxidation sites excluding steroid dienone is 1. The molecular formula is C15H21NO4. The maximum absolute atomic E-state index is 11.7. The van der Waals surface area contributed by atoms with Gasteiger partial charge in [-0.1, -0.05) is 0 Å². The van der Waals surface area contributed by atoms with E-state index in [0.29, 0.717) is 11.5 Å². The van der Waals surface area contributed by atoms with Crippen LogP contribution in [0.4, 0.5) is 0 Å². The van der Waals surface area contributed by atoms with Crippen molar-refractivity contribution in [3.8, 4) is 11.5 Å². The molecule has 0 fully saturated rings. The molecule has 0 aromatic heterocycles. The molecule has 1 amide bonds. The molecule has 0 heterocycles. The first-order chi connectivity index (χ1) is 9.47. The molecule has 0 aliphatic carbocycles. The van der Waals surface area contributed by atoms with E-state index in [-0.39, 0.29) is 12.5 Å². The second-order valence-corrected chi connectivity index (χ2v) is 4.49. The quantitative estimate of drug-likeness (QED) is 0.776. The Labute approximate surface area is 119 Å². The van der Waals surface area contributed by atoms with E-state index in [0.717, 1.165) is 11.1 Å². The zero-order chi connectivity index (χ0) is 15.1. The summed E-state index contributed by atoms with van der Waals surface area (Å²) in [4.78, 5) is 11.7. The van der Waals surface area contributed by atoms with Gasteiger partial charge in [-0.05, 0) is 31.6 Å². The summed E-state index contributed by atoms with van der Waals surface area (Å²) in [5.74, 6) is 1.08. The minimum Gasteiger partial charge on any atom is -0.497 e. The number of hydrogen-bond donors (Lipinski definition) is 2. The van der Waals surface area contributed by atoms with Gasteiger partial charge >= 0.3 is 0 Å². The first kappa shape index (κ1) is 16.0. The number of aliphatic hydroxyl groups excluding tert-OH is 1. The molecule has 1 rings (SSSR count). The third-order valence-electron chi connectivity index (χ3n) is 2.75. The highest BCUT2D eigenvalue weighted by Gasteiger charge is 2.08. The summed E-state index contributed by atoms with van der Waals surface area (Å²) in [6.45, 7) is 3.66. The third-order valence-corrected chi connectivity index (χ3v) is 2.75. The van der Waals surface area contributed by atoms with E-state index in [1.54, 1.807) is 27.2 Å². The number of rotatable bonds is 6. The van der Waals surface area contributed by atoms with Gasteiger partial charge in [0.15, 0.2) is 0 Å². The predicted molar refractivity (Wildman–Crippen MR) is 77.9 cm³/mol. The van der Waals surface area contributed by atoms with Crippen molar-refractivity contribution in [2.45, 2.75) is 20.0 Å². The molecule has 0 saturated carbocycles. The number of carbonyl (C=O) groups is 1. The average Bonchev–Trinajstić information content (AvgIpc) is 2.44. The molecule has 0 radical (unpaired) electrons. The van der Waals surface area contributed by atoms with Gasteiger partial charge in [-0.2, -0.15) is 0 Å². The van der Waals surface area contributed by atoms with Crippen molar-refractivity contribution < 1.29 is 19.4 Å². The van der Waals surface area contributed by atoms with E-state index in [4.69, 9.17) is 14.6 Å². The largest absolute Gasteiger partial charge is 0.497 e. The summed E-state index contributed by atoms with van der Waals surface area (Å²) in [7, 11) is 3.15. The summed E-state index contributed by atoms with van der Waals surface area (Å²) < 4.78 is 10.4. The number of nitrogens with one attached hydrogen (secondary N) is 1. The first-order valence-electron chi connectivity index (χ1n) is 6.34. The van der Waals surface area contributed by atoms with Crippen molar-refractivity contribution in [2.24, 2.45) is 0 Å². The van der Waals surface area contributed by atoms with Crippen molar-refractivity contribution in [2.75, 3.05) is 20.8 Å². The molecule has 20 heavy (non-hydrogen) atoms. The summed E-state index contributed by atoms with van der Waals surface area (Å²) in [6, 6.07) is 5.41. The molecular weight excluding hydrogens is 258 g/mol. The molecule has 5 heteroatoms. The van der Waals surface area contributed by atoms with Crippen LogP contribution in [0.25, 0.3) is 5.57 Å². The molecule has 1 atom stereocenters. The van der Waals surface area contributed by atoms with E-state index >= 15 is 0 Å². The summed E-state index contributed by atoms with van der Waals surface area (Å²) in [6.07, 6.45) is 0.912. The molecule has 1 aromatic carbocycles. The van der Waals surface area contributed by atoms with Crippen LogP contribution in [0, 0.1) is 0 Å². The normalized spacial score (nSPS) is 12.8. The number of benzene rings is 1. The lowest BCUT2D eigenvalue weighted by atomic mass is 10.1. The number of hydrogen-bond acceptors (Lipinski definition) is 4. The van der Waals surface area contributed by atoms with Crippen LogP contribution >= 0.6 is 0 Å². The summed E-state index contributed by atoms with van der Waals surface area (Å²) in [5, 5.41) is 11.7. The molecule has 0 spiro atoms. The lowest BCUT2D eigenvalue weighted by molar-refractivity contribution is -0.116. The van der Waals surface area contributed by atoms with Gasteiger partial charge in [0.1, 0.15) is 11.5 Å². The Balaban J connectivity index is 2.90. The molecule has 2 N–H and O–H groups in total. The highest BCUT2D eigenvalue weighted by atomic mass is 16.5. The summed E-state index contributed by atoms with van der Waals surface area (Å²) >= 11 is 0. The fourth-order valence-corrected chi connectivity index (χ4v) is 1.70. The van der Waals surface area contributed by atoms with Crippen LogP contribution in [0.15, 0.2) is 24.3 Å². The molecule has 1 aromatic rings. The van der Waals surface area contributed by atoms with Gasteiger partial charge in [0.05, 0.1) is 20.3 Å². The van der Waals surface area contributed by atoms with Crippen LogP contribution < -0.4 is 14.8 Å². The minimum absolute atomic E-state index is 0.225.